The number of hydrogen-bond acceptors (Lipinski definition) is 2. The molecule has 2 nitrogen and oxygen atoms in total. The van der Waals surface area contributed by atoms with Crippen LogP contribution in [0.15, 0.2) is 24.8 Å². The summed E-state index contributed by atoms with van der Waals surface area (Å²) in [6.07, 6.45) is 1.73. The van der Waals surface area contributed by atoms with Crippen LogP contribution < -0.4 is 5.46 Å². The molecule has 1 aromatic rings. The van der Waals surface area contributed by atoms with E-state index in [0.29, 0.717) is 6.61 Å². The van der Waals surface area contributed by atoms with Crippen LogP contribution in [0.2, 0.25) is 0 Å². The summed E-state index contributed by atoms with van der Waals surface area (Å²) in [5, 5.41) is 9.42. The van der Waals surface area contributed by atoms with Crippen LogP contribution in [0.1, 0.15) is 11.1 Å². The first-order valence-electron chi connectivity index (χ1n) is 3.87. The predicted octanol–water partition coefficient (Wildman–Crippen LogP) is 0.547. The van der Waals surface area contributed by atoms with E-state index in [0.717, 1.165) is 16.6 Å². The predicted molar refractivity (Wildman–Crippen MR) is 48.9 cm³/mol. The Kier molecular flexibility index (Phi) is 1.75. The highest BCUT2D eigenvalue weighted by molar-refractivity contribution is 6.62. The van der Waals surface area contributed by atoms with Crippen molar-refractivity contribution in [2.75, 3.05) is 0 Å². The maximum Gasteiger partial charge on any atom is 0.492 e. The van der Waals surface area contributed by atoms with Gasteiger partial charge in [0, 0.05) is 0 Å². The SMILES string of the molecule is C=Cc1cccc2c1B(O)OC2. The van der Waals surface area contributed by atoms with Gasteiger partial charge in [0.15, 0.2) is 0 Å². The largest absolute Gasteiger partial charge is 0.492 e. The highest BCUT2D eigenvalue weighted by Gasteiger charge is 2.28. The molecule has 0 atom stereocenters. The molecule has 1 aliphatic heterocycles. The minimum Gasteiger partial charge on any atom is -0.423 e. The quantitative estimate of drug-likeness (QED) is 0.607. The summed E-state index contributed by atoms with van der Waals surface area (Å²) < 4.78 is 5.07. The Morgan fingerprint density at radius 1 is 1.58 bits per heavy atom. The fourth-order valence-electron chi connectivity index (χ4n) is 1.49. The molecule has 3 heteroatoms. The topological polar surface area (TPSA) is 29.5 Å². The molecule has 0 amide bonds. The van der Waals surface area contributed by atoms with Crippen molar-refractivity contribution in [3.63, 3.8) is 0 Å². The molecule has 60 valence electrons. The van der Waals surface area contributed by atoms with Crippen LogP contribution in [0, 0.1) is 0 Å². The number of hydrogen-bond donors (Lipinski definition) is 1. The van der Waals surface area contributed by atoms with Gasteiger partial charge >= 0.3 is 7.12 Å². The zero-order chi connectivity index (χ0) is 8.55. The van der Waals surface area contributed by atoms with Crippen molar-refractivity contribution in [1.29, 1.82) is 0 Å². The van der Waals surface area contributed by atoms with Crippen LogP contribution in [0.3, 0.4) is 0 Å². The average Bonchev–Trinajstić information content (AvgIpc) is 2.48. The summed E-state index contributed by atoms with van der Waals surface area (Å²) in [5.41, 5.74) is 2.88. The third-order valence-electron chi connectivity index (χ3n) is 2.09. The second-order valence-electron chi connectivity index (χ2n) is 2.79. The molecule has 0 saturated carbocycles. The molecule has 1 heterocycles. The minimum atomic E-state index is -0.769. The molecule has 1 aromatic carbocycles. The lowest BCUT2D eigenvalue weighted by Crippen LogP contribution is -2.30. The molecular weight excluding hydrogens is 151 g/mol. The molecule has 0 fully saturated rings. The second-order valence-corrected chi connectivity index (χ2v) is 2.79. The van der Waals surface area contributed by atoms with Gasteiger partial charge in [0.25, 0.3) is 0 Å². The first-order chi connectivity index (χ1) is 5.83. The van der Waals surface area contributed by atoms with Crippen LogP contribution >= 0.6 is 0 Å². The lowest BCUT2D eigenvalue weighted by molar-refractivity contribution is 0.275. The Balaban J connectivity index is 2.60. The Morgan fingerprint density at radius 2 is 2.42 bits per heavy atom. The molecule has 0 saturated heterocycles. The van der Waals surface area contributed by atoms with E-state index >= 15 is 0 Å². The van der Waals surface area contributed by atoms with E-state index in [1.165, 1.54) is 0 Å². The molecule has 0 bridgehead atoms. The highest BCUT2D eigenvalue weighted by Crippen LogP contribution is 2.12. The van der Waals surface area contributed by atoms with Crippen molar-refractivity contribution in [3.05, 3.63) is 35.9 Å². The van der Waals surface area contributed by atoms with Crippen molar-refractivity contribution in [2.24, 2.45) is 0 Å². The van der Waals surface area contributed by atoms with Crippen molar-refractivity contribution in [3.8, 4) is 0 Å². The molecule has 1 N–H and O–H groups in total. The monoisotopic (exact) mass is 160 g/mol. The summed E-state index contributed by atoms with van der Waals surface area (Å²) in [6.45, 7) is 4.17. The van der Waals surface area contributed by atoms with Crippen LogP contribution in [0.25, 0.3) is 6.08 Å². The summed E-state index contributed by atoms with van der Waals surface area (Å²) >= 11 is 0. The first-order valence-corrected chi connectivity index (χ1v) is 3.87. The van der Waals surface area contributed by atoms with Gasteiger partial charge in [0.05, 0.1) is 6.61 Å². The molecule has 2 rings (SSSR count). The average molecular weight is 160 g/mol. The summed E-state index contributed by atoms with van der Waals surface area (Å²) in [6, 6.07) is 5.82. The molecule has 0 spiro atoms. The fraction of sp³-hybridized carbons (Fsp3) is 0.111. The van der Waals surface area contributed by atoms with Gasteiger partial charge in [-0.2, -0.15) is 0 Å². The number of rotatable bonds is 1. The zero-order valence-electron chi connectivity index (χ0n) is 6.66. The van der Waals surface area contributed by atoms with Crippen LogP contribution in [-0.4, -0.2) is 12.1 Å². The van der Waals surface area contributed by atoms with E-state index in [4.69, 9.17) is 4.65 Å². The normalized spacial score (nSPS) is 14.6. The first kappa shape index (κ1) is 7.59. The van der Waals surface area contributed by atoms with E-state index in [1.54, 1.807) is 6.08 Å². The van der Waals surface area contributed by atoms with E-state index in [1.807, 2.05) is 18.2 Å². The van der Waals surface area contributed by atoms with Crippen LogP contribution in [-0.2, 0) is 11.3 Å². The standard InChI is InChI=1S/C9H9BO2/c1-2-7-4-3-5-8-6-12-10(11)9(7)8/h2-5,11H,1,6H2. The Bertz CT molecular complexity index is 322. The Morgan fingerprint density at radius 3 is 3.17 bits per heavy atom. The van der Waals surface area contributed by atoms with Gasteiger partial charge < -0.3 is 9.68 Å². The lowest BCUT2D eigenvalue weighted by atomic mass is 9.76. The molecular formula is C9H9BO2. The molecule has 12 heavy (non-hydrogen) atoms. The van der Waals surface area contributed by atoms with Crippen molar-refractivity contribution >= 4 is 18.7 Å². The maximum atomic E-state index is 9.42. The summed E-state index contributed by atoms with van der Waals surface area (Å²) in [5.74, 6) is 0. The minimum absolute atomic E-state index is 0.498. The summed E-state index contributed by atoms with van der Waals surface area (Å²) in [7, 11) is -0.769. The molecule has 0 unspecified atom stereocenters. The smallest absolute Gasteiger partial charge is 0.423 e. The van der Waals surface area contributed by atoms with Gasteiger partial charge in [0.2, 0.25) is 0 Å². The van der Waals surface area contributed by atoms with E-state index in [2.05, 4.69) is 6.58 Å². The number of benzene rings is 1. The van der Waals surface area contributed by atoms with Crippen molar-refractivity contribution in [1.82, 2.24) is 0 Å². The fourth-order valence-corrected chi connectivity index (χ4v) is 1.49. The molecule has 0 aliphatic carbocycles. The zero-order valence-corrected chi connectivity index (χ0v) is 6.66. The second kappa shape index (κ2) is 2.77. The van der Waals surface area contributed by atoms with Crippen LogP contribution in [0.4, 0.5) is 0 Å². The van der Waals surface area contributed by atoms with E-state index in [-0.39, 0.29) is 0 Å². The Hall–Kier alpha value is -1.06. The molecule has 0 aromatic heterocycles. The maximum absolute atomic E-state index is 9.42. The lowest BCUT2D eigenvalue weighted by Gasteiger charge is -2.01. The van der Waals surface area contributed by atoms with Crippen molar-refractivity contribution < 1.29 is 9.68 Å². The molecule has 1 aliphatic rings. The van der Waals surface area contributed by atoms with Gasteiger partial charge in [-0.3, -0.25) is 0 Å². The third kappa shape index (κ3) is 0.985. The van der Waals surface area contributed by atoms with E-state index < -0.39 is 7.12 Å². The van der Waals surface area contributed by atoms with E-state index in [9.17, 15) is 5.02 Å². The third-order valence-corrected chi connectivity index (χ3v) is 2.09. The van der Waals surface area contributed by atoms with Gasteiger partial charge in [-0.05, 0) is 16.6 Å². The Labute approximate surface area is 71.6 Å². The number of fused-ring (bicyclic) bond motifs is 1. The van der Waals surface area contributed by atoms with Crippen molar-refractivity contribution in [2.45, 2.75) is 6.61 Å². The van der Waals surface area contributed by atoms with Gasteiger partial charge in [0.1, 0.15) is 0 Å². The van der Waals surface area contributed by atoms with Crippen LogP contribution in [0.5, 0.6) is 0 Å². The highest BCUT2D eigenvalue weighted by atomic mass is 16.5. The van der Waals surface area contributed by atoms with Gasteiger partial charge in [-0.25, -0.2) is 0 Å². The summed E-state index contributed by atoms with van der Waals surface area (Å²) in [4.78, 5) is 0. The molecule has 0 radical (unpaired) electrons. The van der Waals surface area contributed by atoms with Gasteiger partial charge in [-0.1, -0.05) is 30.9 Å². The van der Waals surface area contributed by atoms with Gasteiger partial charge in [-0.15, -0.1) is 0 Å².